The van der Waals surface area contributed by atoms with Crippen LogP contribution in [0.5, 0.6) is 0 Å². The minimum absolute atomic E-state index is 0.397. The Morgan fingerprint density at radius 1 is 1.47 bits per heavy atom. The zero-order valence-corrected chi connectivity index (χ0v) is 9.06. The molecule has 1 atom stereocenters. The van der Waals surface area contributed by atoms with E-state index in [0.717, 1.165) is 0 Å². The van der Waals surface area contributed by atoms with Crippen LogP contribution in [-0.2, 0) is 19.1 Å². The summed E-state index contributed by atoms with van der Waals surface area (Å²) in [5.41, 5.74) is 0. The van der Waals surface area contributed by atoms with Crippen molar-refractivity contribution in [1.29, 1.82) is 0 Å². The number of carbonyl (C=O) groups is 2. The normalized spacial score (nSPS) is 12.1. The molecule has 1 unspecified atom stereocenters. The molecule has 4 heteroatoms. The Labute approximate surface area is 89.6 Å². The fourth-order valence-electron chi connectivity index (χ4n) is 0.870. The summed E-state index contributed by atoms with van der Waals surface area (Å²) in [7, 11) is 1.26. The molecule has 0 rings (SSSR count). The van der Waals surface area contributed by atoms with Crippen LogP contribution in [0.4, 0.5) is 0 Å². The smallest absolute Gasteiger partial charge is 0.347 e. The third-order valence-electron chi connectivity index (χ3n) is 1.65. The highest BCUT2D eigenvalue weighted by atomic mass is 16.6. The van der Waals surface area contributed by atoms with E-state index in [4.69, 9.17) is 4.74 Å². The van der Waals surface area contributed by atoms with Gasteiger partial charge in [0.15, 0.2) is 6.10 Å². The van der Waals surface area contributed by atoms with Gasteiger partial charge in [0, 0.05) is 6.08 Å². The van der Waals surface area contributed by atoms with E-state index in [1.807, 2.05) is 0 Å². The largest absolute Gasteiger partial charge is 0.466 e. The maximum absolute atomic E-state index is 11.2. The number of allylic oxidation sites excluding steroid dienone is 2. The molecule has 84 valence electrons. The minimum atomic E-state index is -0.823. The molecular formula is C11H16O4. The molecule has 0 aliphatic carbocycles. The van der Waals surface area contributed by atoms with Crippen molar-refractivity contribution in [3.63, 3.8) is 0 Å². The number of hydrogen-bond donors (Lipinski definition) is 0. The molecule has 0 heterocycles. The molecule has 0 amide bonds. The molecule has 4 nitrogen and oxygen atoms in total. The minimum Gasteiger partial charge on any atom is -0.466 e. The molecule has 0 aliphatic heterocycles. The zero-order chi connectivity index (χ0) is 11.7. The maximum Gasteiger partial charge on any atom is 0.347 e. The summed E-state index contributed by atoms with van der Waals surface area (Å²) >= 11 is 0. The van der Waals surface area contributed by atoms with Crippen molar-refractivity contribution in [3.05, 3.63) is 24.8 Å². The van der Waals surface area contributed by atoms with E-state index in [-0.39, 0.29) is 0 Å². The van der Waals surface area contributed by atoms with Crippen molar-refractivity contribution >= 4 is 11.9 Å². The van der Waals surface area contributed by atoms with Crippen molar-refractivity contribution < 1.29 is 19.1 Å². The molecule has 0 spiro atoms. The second-order valence-electron chi connectivity index (χ2n) is 2.78. The van der Waals surface area contributed by atoms with E-state index in [1.165, 1.54) is 13.2 Å². The summed E-state index contributed by atoms with van der Waals surface area (Å²) in [5, 5.41) is 0. The third-order valence-corrected chi connectivity index (χ3v) is 1.65. The van der Waals surface area contributed by atoms with Gasteiger partial charge in [0.05, 0.1) is 7.11 Å². The van der Waals surface area contributed by atoms with Crippen molar-refractivity contribution in [3.8, 4) is 0 Å². The number of methoxy groups -OCH3 is 1. The highest BCUT2D eigenvalue weighted by Gasteiger charge is 2.20. The summed E-state index contributed by atoms with van der Waals surface area (Å²) in [4.78, 5) is 22.2. The van der Waals surface area contributed by atoms with Gasteiger partial charge in [-0.3, -0.25) is 0 Å². The standard InChI is InChI=1S/C11H16O4/c1-4-6-7-8-10(12)15-9(5-2)11(13)14-3/h4,7-9H,1,5-6H2,2-3H3. The van der Waals surface area contributed by atoms with Crippen molar-refractivity contribution in [2.75, 3.05) is 7.11 Å². The number of rotatable bonds is 6. The number of esters is 2. The summed E-state index contributed by atoms with van der Waals surface area (Å²) in [6.07, 6.45) is 4.70. The van der Waals surface area contributed by atoms with Crippen LogP contribution < -0.4 is 0 Å². The van der Waals surface area contributed by atoms with Crippen LogP contribution in [0.2, 0.25) is 0 Å². The van der Waals surface area contributed by atoms with Gasteiger partial charge in [-0.15, -0.1) is 6.58 Å². The molecule has 0 aliphatic rings. The predicted molar refractivity (Wildman–Crippen MR) is 56.1 cm³/mol. The van der Waals surface area contributed by atoms with Crippen LogP contribution in [-0.4, -0.2) is 25.2 Å². The molecule has 0 aromatic rings. The molecule has 0 N–H and O–H groups in total. The second-order valence-corrected chi connectivity index (χ2v) is 2.78. The lowest BCUT2D eigenvalue weighted by molar-refractivity contribution is -0.163. The fourth-order valence-corrected chi connectivity index (χ4v) is 0.870. The molecule has 0 fully saturated rings. The maximum atomic E-state index is 11.2. The molecule has 0 saturated carbocycles. The van der Waals surface area contributed by atoms with Crippen molar-refractivity contribution in [2.45, 2.75) is 25.9 Å². The van der Waals surface area contributed by atoms with Gasteiger partial charge in [-0.1, -0.05) is 19.1 Å². The first-order valence-electron chi connectivity index (χ1n) is 4.71. The Morgan fingerprint density at radius 2 is 2.13 bits per heavy atom. The van der Waals surface area contributed by atoms with Crippen LogP contribution in [0.1, 0.15) is 19.8 Å². The molecular weight excluding hydrogens is 196 g/mol. The monoisotopic (exact) mass is 212 g/mol. The van der Waals surface area contributed by atoms with E-state index in [9.17, 15) is 9.59 Å². The highest BCUT2D eigenvalue weighted by Crippen LogP contribution is 2.01. The number of ether oxygens (including phenoxy) is 2. The molecule has 0 aromatic heterocycles. The Morgan fingerprint density at radius 3 is 2.60 bits per heavy atom. The molecule has 0 bridgehead atoms. The van der Waals surface area contributed by atoms with Crippen LogP contribution in [0.25, 0.3) is 0 Å². The summed E-state index contributed by atoms with van der Waals surface area (Å²) in [6.45, 7) is 5.24. The third kappa shape index (κ3) is 5.67. The van der Waals surface area contributed by atoms with Gasteiger partial charge in [-0.2, -0.15) is 0 Å². The van der Waals surface area contributed by atoms with E-state index in [1.54, 1.807) is 19.1 Å². The lowest BCUT2D eigenvalue weighted by atomic mass is 10.3. The van der Waals surface area contributed by atoms with Gasteiger partial charge in [0.25, 0.3) is 0 Å². The van der Waals surface area contributed by atoms with Gasteiger partial charge in [-0.05, 0) is 12.8 Å². The summed E-state index contributed by atoms with van der Waals surface area (Å²) in [5.74, 6) is -1.09. The van der Waals surface area contributed by atoms with Crippen molar-refractivity contribution in [1.82, 2.24) is 0 Å². The Hall–Kier alpha value is -1.58. The van der Waals surface area contributed by atoms with Gasteiger partial charge in [0.1, 0.15) is 0 Å². The topological polar surface area (TPSA) is 52.6 Å². The SMILES string of the molecule is C=CCC=CC(=O)OC(CC)C(=O)OC. The van der Waals surface area contributed by atoms with Gasteiger partial charge in [-0.25, -0.2) is 9.59 Å². The Bertz CT molecular complexity index is 255. The summed E-state index contributed by atoms with van der Waals surface area (Å²) < 4.78 is 9.34. The van der Waals surface area contributed by atoms with E-state index < -0.39 is 18.0 Å². The zero-order valence-electron chi connectivity index (χ0n) is 9.06. The van der Waals surface area contributed by atoms with Crippen molar-refractivity contribution in [2.24, 2.45) is 0 Å². The fraction of sp³-hybridized carbons (Fsp3) is 0.455. The first-order chi connectivity index (χ1) is 7.15. The van der Waals surface area contributed by atoms with Gasteiger partial charge >= 0.3 is 11.9 Å². The van der Waals surface area contributed by atoms with Crippen LogP contribution in [0.15, 0.2) is 24.8 Å². The summed E-state index contributed by atoms with van der Waals surface area (Å²) in [6, 6.07) is 0. The average Bonchev–Trinajstić information content (AvgIpc) is 2.25. The van der Waals surface area contributed by atoms with Crippen LogP contribution >= 0.6 is 0 Å². The van der Waals surface area contributed by atoms with E-state index in [0.29, 0.717) is 12.8 Å². The first-order valence-corrected chi connectivity index (χ1v) is 4.71. The second kappa shape index (κ2) is 7.79. The number of carbonyl (C=O) groups excluding carboxylic acids is 2. The van der Waals surface area contributed by atoms with Gasteiger partial charge in [0.2, 0.25) is 0 Å². The predicted octanol–water partition coefficient (Wildman–Crippen LogP) is 1.61. The van der Waals surface area contributed by atoms with E-state index >= 15 is 0 Å². The number of hydrogen-bond acceptors (Lipinski definition) is 4. The molecule has 0 radical (unpaired) electrons. The average molecular weight is 212 g/mol. The highest BCUT2D eigenvalue weighted by molar-refractivity contribution is 5.85. The lowest BCUT2D eigenvalue weighted by Crippen LogP contribution is -2.27. The molecule has 0 aromatic carbocycles. The van der Waals surface area contributed by atoms with Crippen LogP contribution in [0, 0.1) is 0 Å². The molecule has 15 heavy (non-hydrogen) atoms. The van der Waals surface area contributed by atoms with E-state index in [2.05, 4.69) is 11.3 Å². The molecule has 0 saturated heterocycles. The van der Waals surface area contributed by atoms with Crippen LogP contribution in [0.3, 0.4) is 0 Å². The first kappa shape index (κ1) is 13.4. The Kier molecular flexibility index (Phi) is 6.97. The lowest BCUT2D eigenvalue weighted by Gasteiger charge is -2.11. The Balaban J connectivity index is 4.12. The quantitative estimate of drug-likeness (QED) is 0.381. The van der Waals surface area contributed by atoms with Gasteiger partial charge < -0.3 is 9.47 Å².